The van der Waals surface area contributed by atoms with Gasteiger partial charge in [-0.2, -0.15) is 0 Å². The number of aromatic hydroxyl groups is 1. The number of phenolic OH excluding ortho intramolecular Hbond substituents is 1. The highest BCUT2D eigenvalue weighted by atomic mass is 35.5. The summed E-state index contributed by atoms with van der Waals surface area (Å²) in [7, 11) is 0. The third kappa shape index (κ3) is 6.49. The molecule has 1 aromatic rings. The van der Waals surface area contributed by atoms with Gasteiger partial charge >= 0.3 is 0 Å². The minimum absolute atomic E-state index is 0. The maximum atomic E-state index is 10.4. The van der Waals surface area contributed by atoms with E-state index in [1.807, 2.05) is 6.07 Å². The Labute approximate surface area is 161 Å². The van der Waals surface area contributed by atoms with Gasteiger partial charge in [0, 0.05) is 42.8 Å². The van der Waals surface area contributed by atoms with Gasteiger partial charge in [-0.1, -0.05) is 37.0 Å². The molecule has 1 fully saturated rings. The third-order valence-corrected chi connectivity index (χ3v) is 4.53. The van der Waals surface area contributed by atoms with E-state index in [0.717, 1.165) is 44.6 Å². The van der Waals surface area contributed by atoms with Crippen LogP contribution in [0.15, 0.2) is 12.1 Å². The molecule has 2 N–H and O–H groups in total. The van der Waals surface area contributed by atoms with Gasteiger partial charge in [0.2, 0.25) is 0 Å². The maximum Gasteiger partial charge on any atom is 0.139 e. The fourth-order valence-corrected chi connectivity index (χ4v) is 3.37. The first-order valence-electron chi connectivity index (χ1n) is 7.61. The predicted octanol–water partition coefficient (Wildman–Crippen LogP) is 4.93. The molecule has 0 unspecified atom stereocenters. The molecule has 0 bridgehead atoms. The molecule has 3 nitrogen and oxygen atoms in total. The van der Waals surface area contributed by atoms with Gasteiger partial charge in [-0.25, -0.2) is 0 Å². The Bertz CT molecular complexity index is 479. The van der Waals surface area contributed by atoms with E-state index in [2.05, 4.69) is 24.1 Å². The number of nitrogens with one attached hydrogen (secondary N) is 1. The van der Waals surface area contributed by atoms with Crippen molar-refractivity contribution in [1.82, 2.24) is 10.2 Å². The minimum atomic E-state index is 0. The Balaban J connectivity index is 0.00000242. The highest BCUT2D eigenvalue weighted by Crippen LogP contribution is 2.39. The summed E-state index contributed by atoms with van der Waals surface area (Å²) in [6, 6.07) is 3.63. The van der Waals surface area contributed by atoms with E-state index in [0.29, 0.717) is 16.0 Å². The van der Waals surface area contributed by atoms with Crippen LogP contribution >= 0.6 is 48.0 Å². The van der Waals surface area contributed by atoms with Gasteiger partial charge in [0.15, 0.2) is 0 Å². The van der Waals surface area contributed by atoms with Crippen molar-refractivity contribution in [2.45, 2.75) is 32.7 Å². The number of phenols is 1. The number of piperazine rings is 1. The molecule has 0 aliphatic carbocycles. The summed E-state index contributed by atoms with van der Waals surface area (Å²) in [5, 5.41) is 14.6. The number of hydrogen-bond acceptors (Lipinski definition) is 3. The highest BCUT2D eigenvalue weighted by Gasteiger charge is 2.25. The Morgan fingerprint density at radius 1 is 1.13 bits per heavy atom. The van der Waals surface area contributed by atoms with E-state index in [1.165, 1.54) is 0 Å². The van der Waals surface area contributed by atoms with Crippen molar-refractivity contribution >= 4 is 48.0 Å². The standard InChI is InChI=1S/C16H24Cl2N2O.2ClH/c1-11(2)3-4-15(20-7-5-19-6-8-20)13-9-12(17)10-14(18)16(13)21;;/h9-11,15,19,21H,3-8H2,1-2H3;2*1H/t15-;;/m0../s1. The minimum Gasteiger partial charge on any atom is -0.506 e. The van der Waals surface area contributed by atoms with Crippen LogP contribution in [0, 0.1) is 5.92 Å². The van der Waals surface area contributed by atoms with Gasteiger partial charge in [-0.3, -0.25) is 4.90 Å². The summed E-state index contributed by atoms with van der Waals surface area (Å²) in [5.41, 5.74) is 0.857. The van der Waals surface area contributed by atoms with E-state index in [1.54, 1.807) is 6.07 Å². The molecule has 0 spiro atoms. The fraction of sp³-hybridized carbons (Fsp3) is 0.625. The second-order valence-electron chi connectivity index (χ2n) is 6.10. The molecule has 1 aromatic carbocycles. The van der Waals surface area contributed by atoms with Crippen LogP contribution in [0.1, 0.15) is 38.3 Å². The summed E-state index contributed by atoms with van der Waals surface area (Å²) < 4.78 is 0. The molecule has 0 radical (unpaired) electrons. The van der Waals surface area contributed by atoms with Gasteiger partial charge in [0.05, 0.1) is 5.02 Å². The first-order valence-corrected chi connectivity index (χ1v) is 8.37. The quantitative estimate of drug-likeness (QED) is 0.731. The second kappa shape index (κ2) is 10.9. The Morgan fingerprint density at radius 2 is 1.74 bits per heavy atom. The van der Waals surface area contributed by atoms with Crippen molar-refractivity contribution in [2.75, 3.05) is 26.2 Å². The lowest BCUT2D eigenvalue weighted by molar-refractivity contribution is 0.157. The lowest BCUT2D eigenvalue weighted by Gasteiger charge is -2.36. The van der Waals surface area contributed by atoms with E-state index < -0.39 is 0 Å². The van der Waals surface area contributed by atoms with Crippen molar-refractivity contribution < 1.29 is 5.11 Å². The van der Waals surface area contributed by atoms with Crippen LogP contribution < -0.4 is 5.32 Å². The van der Waals surface area contributed by atoms with Crippen LogP contribution in [0.25, 0.3) is 0 Å². The SMILES string of the molecule is CC(C)CC[C@@H](c1cc(Cl)cc(Cl)c1O)N1CCNCC1.Cl.Cl. The average Bonchev–Trinajstić information content (AvgIpc) is 2.45. The number of benzene rings is 1. The van der Waals surface area contributed by atoms with Crippen LogP contribution in [0.4, 0.5) is 0 Å². The zero-order chi connectivity index (χ0) is 15.4. The van der Waals surface area contributed by atoms with Crippen LogP contribution in [0.2, 0.25) is 10.0 Å². The molecule has 134 valence electrons. The van der Waals surface area contributed by atoms with Crippen molar-refractivity contribution in [3.8, 4) is 5.75 Å². The smallest absolute Gasteiger partial charge is 0.139 e. The highest BCUT2D eigenvalue weighted by molar-refractivity contribution is 6.35. The first-order chi connectivity index (χ1) is 9.99. The molecule has 0 aromatic heterocycles. The zero-order valence-electron chi connectivity index (χ0n) is 13.5. The lowest BCUT2D eigenvalue weighted by atomic mass is 9.95. The average molecular weight is 404 g/mol. The van der Waals surface area contributed by atoms with Crippen LogP contribution in [-0.2, 0) is 0 Å². The van der Waals surface area contributed by atoms with Crippen molar-refractivity contribution in [1.29, 1.82) is 0 Å². The van der Waals surface area contributed by atoms with Crippen molar-refractivity contribution in [3.05, 3.63) is 27.7 Å². The van der Waals surface area contributed by atoms with E-state index >= 15 is 0 Å². The zero-order valence-corrected chi connectivity index (χ0v) is 16.7. The number of rotatable bonds is 5. The van der Waals surface area contributed by atoms with Gasteiger partial charge in [0.25, 0.3) is 0 Å². The molecule has 23 heavy (non-hydrogen) atoms. The second-order valence-corrected chi connectivity index (χ2v) is 6.94. The molecule has 7 heteroatoms. The van der Waals surface area contributed by atoms with Gasteiger partial charge in [-0.15, -0.1) is 24.8 Å². The Morgan fingerprint density at radius 3 is 2.30 bits per heavy atom. The number of halogens is 4. The van der Waals surface area contributed by atoms with Gasteiger partial charge in [0.1, 0.15) is 5.75 Å². The van der Waals surface area contributed by atoms with Crippen molar-refractivity contribution in [3.63, 3.8) is 0 Å². The topological polar surface area (TPSA) is 35.5 Å². The van der Waals surface area contributed by atoms with E-state index in [9.17, 15) is 5.11 Å². The van der Waals surface area contributed by atoms with Crippen LogP contribution in [-0.4, -0.2) is 36.2 Å². The summed E-state index contributed by atoms with van der Waals surface area (Å²) in [6.07, 6.45) is 2.11. The Kier molecular flexibility index (Phi) is 10.9. The molecule has 0 saturated carbocycles. The largest absolute Gasteiger partial charge is 0.506 e. The molecule has 1 atom stereocenters. The summed E-state index contributed by atoms with van der Waals surface area (Å²) >= 11 is 12.2. The van der Waals surface area contributed by atoms with E-state index in [-0.39, 0.29) is 36.6 Å². The summed E-state index contributed by atoms with van der Waals surface area (Å²) in [6.45, 7) is 8.36. The Hall–Kier alpha value is 0.1000. The molecule has 1 heterocycles. The number of hydrogen-bond donors (Lipinski definition) is 2. The lowest BCUT2D eigenvalue weighted by Crippen LogP contribution is -2.45. The summed E-state index contributed by atoms with van der Waals surface area (Å²) in [4.78, 5) is 2.42. The van der Waals surface area contributed by atoms with Crippen LogP contribution in [0.5, 0.6) is 5.75 Å². The molecule has 2 rings (SSSR count). The normalized spacial score (nSPS) is 16.6. The van der Waals surface area contributed by atoms with Crippen LogP contribution in [0.3, 0.4) is 0 Å². The molecular formula is C16H26Cl4N2O. The van der Waals surface area contributed by atoms with Gasteiger partial charge < -0.3 is 10.4 Å². The molecule has 1 aliphatic heterocycles. The first kappa shape index (κ1) is 23.1. The molecule has 1 saturated heterocycles. The van der Waals surface area contributed by atoms with Gasteiger partial charge in [-0.05, 0) is 30.9 Å². The maximum absolute atomic E-state index is 10.4. The molecule has 0 amide bonds. The monoisotopic (exact) mass is 402 g/mol. The van der Waals surface area contributed by atoms with Crippen molar-refractivity contribution in [2.24, 2.45) is 5.92 Å². The summed E-state index contributed by atoms with van der Waals surface area (Å²) in [5.74, 6) is 0.806. The van der Waals surface area contributed by atoms with E-state index in [4.69, 9.17) is 23.2 Å². The third-order valence-electron chi connectivity index (χ3n) is 4.03. The molecule has 1 aliphatic rings. The number of nitrogens with zero attached hydrogens (tertiary/aromatic N) is 1. The fourth-order valence-electron chi connectivity index (χ4n) is 2.86. The predicted molar refractivity (Wildman–Crippen MR) is 104 cm³/mol. The molecular weight excluding hydrogens is 378 g/mol.